The Morgan fingerprint density at radius 1 is 0.949 bits per heavy atom. The van der Waals surface area contributed by atoms with Crippen molar-refractivity contribution in [3.8, 4) is 34.2 Å². The maximum Gasteiger partial charge on any atom is 0.296 e. The summed E-state index contributed by atoms with van der Waals surface area (Å²) in [6.07, 6.45) is 0.900. The number of methoxy groups -OCH3 is 2. The number of sulfone groups is 1. The highest BCUT2D eigenvalue weighted by Gasteiger charge is 2.32. The molecule has 0 radical (unpaired) electrons. The van der Waals surface area contributed by atoms with Crippen molar-refractivity contribution in [3.63, 3.8) is 0 Å². The lowest BCUT2D eigenvalue weighted by molar-refractivity contribution is 0.373. The number of rotatable bonds is 9. The maximum absolute atomic E-state index is 13.8. The lowest BCUT2D eigenvalue weighted by Gasteiger charge is -2.21. The Hall–Kier alpha value is -4.18. The van der Waals surface area contributed by atoms with Gasteiger partial charge in [0.25, 0.3) is 5.56 Å². The third kappa shape index (κ3) is 5.51. The van der Waals surface area contributed by atoms with Gasteiger partial charge in [0.15, 0.2) is 4.90 Å². The summed E-state index contributed by atoms with van der Waals surface area (Å²) in [4.78, 5) is 16.3. The number of aromatic nitrogens is 2. The van der Waals surface area contributed by atoms with Crippen LogP contribution in [-0.2, 0) is 16.3 Å². The molecule has 0 atom stereocenters. The molecule has 0 aliphatic rings. The van der Waals surface area contributed by atoms with Crippen molar-refractivity contribution in [2.45, 2.75) is 36.5 Å². The van der Waals surface area contributed by atoms with E-state index in [0.717, 1.165) is 0 Å². The quantitative estimate of drug-likeness (QED) is 0.305. The lowest BCUT2D eigenvalue weighted by Crippen LogP contribution is -2.25. The summed E-state index contributed by atoms with van der Waals surface area (Å²) in [5.41, 5.74) is 0.200. The molecule has 8 nitrogen and oxygen atoms in total. The van der Waals surface area contributed by atoms with Gasteiger partial charge in [0.2, 0.25) is 15.7 Å². The molecule has 39 heavy (non-hydrogen) atoms. The number of nitrogens with zero attached hydrogens (tertiary/aromatic N) is 2. The topological polar surface area (TPSA) is 108 Å². The van der Waals surface area contributed by atoms with Crippen LogP contribution in [0.15, 0.2) is 81.3 Å². The third-order valence-corrected chi connectivity index (χ3v) is 8.03. The van der Waals surface area contributed by atoms with Crippen molar-refractivity contribution in [1.82, 2.24) is 9.55 Å². The molecule has 204 valence electrons. The normalized spacial score (nSPS) is 11.5. The number of ether oxygens (including phenoxy) is 2. The first-order valence-electron chi connectivity index (χ1n) is 12.3. The second-order valence-electron chi connectivity index (χ2n) is 9.30. The predicted octanol–water partition coefficient (Wildman–Crippen LogP) is 5.18. The van der Waals surface area contributed by atoms with Gasteiger partial charge in [-0.1, -0.05) is 44.2 Å². The number of para-hydroxylation sites is 1. The minimum Gasteiger partial charge on any atom is -0.494 e. The Kier molecular flexibility index (Phi) is 8.06. The molecule has 0 saturated carbocycles. The Balaban J connectivity index is 1.98. The minimum absolute atomic E-state index is 0.160. The van der Waals surface area contributed by atoms with E-state index in [2.05, 4.69) is 4.98 Å². The first-order valence-corrected chi connectivity index (χ1v) is 13.7. The fraction of sp³-hybridized carbons (Fsp3) is 0.241. The van der Waals surface area contributed by atoms with E-state index in [1.54, 1.807) is 24.3 Å². The molecule has 10 heteroatoms. The van der Waals surface area contributed by atoms with E-state index in [4.69, 9.17) is 9.47 Å². The van der Waals surface area contributed by atoms with Crippen LogP contribution >= 0.6 is 0 Å². The van der Waals surface area contributed by atoms with Crippen LogP contribution in [0.1, 0.15) is 26.1 Å². The van der Waals surface area contributed by atoms with Crippen LogP contribution in [0.3, 0.4) is 0 Å². The summed E-state index contributed by atoms with van der Waals surface area (Å²) in [5.74, 6) is -0.264. The van der Waals surface area contributed by atoms with E-state index in [-0.39, 0.29) is 40.2 Å². The SMILES string of the molecule is COc1cccc(OC)c1-n1c(CCC(C)C)nc(=O)c(S(=O)(=O)c2cccc(-c3ccc(F)cc3)c2)c1O. The summed E-state index contributed by atoms with van der Waals surface area (Å²) in [5, 5.41) is 11.5. The molecule has 4 aromatic rings. The van der Waals surface area contributed by atoms with Gasteiger partial charge in [0.1, 0.15) is 28.8 Å². The highest BCUT2D eigenvalue weighted by Crippen LogP contribution is 2.38. The Morgan fingerprint density at radius 2 is 1.56 bits per heavy atom. The van der Waals surface area contributed by atoms with E-state index in [9.17, 15) is 22.7 Å². The zero-order valence-electron chi connectivity index (χ0n) is 22.0. The molecular weight excluding hydrogens is 523 g/mol. The van der Waals surface area contributed by atoms with Crippen molar-refractivity contribution in [1.29, 1.82) is 0 Å². The van der Waals surface area contributed by atoms with Crippen molar-refractivity contribution in [2.75, 3.05) is 14.2 Å². The average Bonchev–Trinajstić information content (AvgIpc) is 2.91. The molecule has 1 N–H and O–H groups in total. The Morgan fingerprint density at radius 3 is 2.15 bits per heavy atom. The maximum atomic E-state index is 13.8. The van der Waals surface area contributed by atoms with Gasteiger partial charge in [-0.05, 0) is 59.9 Å². The molecule has 0 amide bonds. The van der Waals surface area contributed by atoms with Crippen LogP contribution in [0, 0.1) is 11.7 Å². The van der Waals surface area contributed by atoms with Gasteiger partial charge in [0, 0.05) is 6.42 Å². The molecule has 0 aliphatic heterocycles. The van der Waals surface area contributed by atoms with Gasteiger partial charge < -0.3 is 14.6 Å². The number of aryl methyl sites for hydroxylation is 1. The summed E-state index contributed by atoms with van der Waals surface area (Å²) in [7, 11) is -1.70. The van der Waals surface area contributed by atoms with Crippen LogP contribution in [0.2, 0.25) is 0 Å². The number of aromatic hydroxyl groups is 1. The van der Waals surface area contributed by atoms with E-state index in [1.807, 2.05) is 13.8 Å². The van der Waals surface area contributed by atoms with Gasteiger partial charge in [-0.3, -0.25) is 9.36 Å². The molecule has 0 unspecified atom stereocenters. The summed E-state index contributed by atoms with van der Waals surface area (Å²) in [6, 6.07) is 16.4. The van der Waals surface area contributed by atoms with Crippen molar-refractivity contribution in [2.24, 2.45) is 5.92 Å². The largest absolute Gasteiger partial charge is 0.494 e. The molecule has 0 saturated heterocycles. The fourth-order valence-electron chi connectivity index (χ4n) is 4.25. The zero-order valence-corrected chi connectivity index (χ0v) is 22.8. The van der Waals surface area contributed by atoms with Crippen LogP contribution in [0.25, 0.3) is 16.8 Å². The Bertz CT molecular complexity index is 1640. The molecule has 0 fully saturated rings. The van der Waals surface area contributed by atoms with E-state index < -0.39 is 32.0 Å². The summed E-state index contributed by atoms with van der Waals surface area (Å²) >= 11 is 0. The third-order valence-electron chi connectivity index (χ3n) is 6.26. The molecule has 1 aromatic heterocycles. The van der Waals surface area contributed by atoms with E-state index in [0.29, 0.717) is 17.5 Å². The standard InChI is InChI=1S/C29H29FN2O6S/c1-18(2)11-16-25-31-28(33)27(29(34)32(25)26-23(37-3)9-6-10-24(26)38-4)39(35,36)22-8-5-7-20(17-22)19-12-14-21(30)15-13-19/h5-10,12-15,17-18,34H,11,16H2,1-4H3. The predicted molar refractivity (Wildman–Crippen MR) is 145 cm³/mol. The summed E-state index contributed by atoms with van der Waals surface area (Å²) < 4.78 is 53.3. The van der Waals surface area contributed by atoms with Gasteiger partial charge in [-0.15, -0.1) is 0 Å². The monoisotopic (exact) mass is 552 g/mol. The highest BCUT2D eigenvalue weighted by atomic mass is 32.2. The van der Waals surface area contributed by atoms with Gasteiger partial charge in [-0.25, -0.2) is 12.8 Å². The highest BCUT2D eigenvalue weighted by molar-refractivity contribution is 7.91. The summed E-state index contributed by atoms with van der Waals surface area (Å²) in [6.45, 7) is 4.00. The van der Waals surface area contributed by atoms with Crippen molar-refractivity contribution in [3.05, 3.63) is 88.7 Å². The van der Waals surface area contributed by atoms with E-state index in [1.165, 1.54) is 61.3 Å². The minimum atomic E-state index is -4.56. The number of hydrogen-bond donors (Lipinski definition) is 1. The lowest BCUT2D eigenvalue weighted by atomic mass is 10.1. The van der Waals surface area contributed by atoms with Gasteiger partial charge in [-0.2, -0.15) is 4.98 Å². The average molecular weight is 553 g/mol. The number of benzene rings is 3. The second kappa shape index (κ2) is 11.3. The van der Waals surface area contributed by atoms with E-state index >= 15 is 0 Å². The van der Waals surface area contributed by atoms with Crippen LogP contribution in [-0.4, -0.2) is 37.3 Å². The van der Waals surface area contributed by atoms with Crippen LogP contribution in [0.5, 0.6) is 17.4 Å². The zero-order chi connectivity index (χ0) is 28.3. The molecule has 3 aromatic carbocycles. The molecule has 0 spiro atoms. The second-order valence-corrected chi connectivity index (χ2v) is 11.2. The number of halogens is 1. The van der Waals surface area contributed by atoms with Crippen LogP contribution < -0.4 is 15.0 Å². The van der Waals surface area contributed by atoms with Crippen molar-refractivity contribution < 1.29 is 27.4 Å². The molecule has 4 rings (SSSR count). The molecular formula is C29H29FN2O6S. The fourth-order valence-corrected chi connectivity index (χ4v) is 5.63. The van der Waals surface area contributed by atoms with Gasteiger partial charge >= 0.3 is 0 Å². The number of hydrogen-bond acceptors (Lipinski definition) is 7. The smallest absolute Gasteiger partial charge is 0.296 e. The van der Waals surface area contributed by atoms with Crippen LogP contribution in [0.4, 0.5) is 4.39 Å². The van der Waals surface area contributed by atoms with Crippen molar-refractivity contribution >= 4 is 9.84 Å². The molecule has 1 heterocycles. The first-order chi connectivity index (χ1) is 18.6. The molecule has 0 bridgehead atoms. The first kappa shape index (κ1) is 27.8. The Labute approximate surface area is 226 Å². The molecule has 0 aliphatic carbocycles. The van der Waals surface area contributed by atoms with Gasteiger partial charge in [0.05, 0.1) is 19.1 Å².